The third kappa shape index (κ3) is 5.03. The Morgan fingerprint density at radius 2 is 2.04 bits per heavy atom. The highest BCUT2D eigenvalue weighted by Crippen LogP contribution is 2.21. The van der Waals surface area contributed by atoms with Crippen LogP contribution >= 0.6 is 0 Å². The summed E-state index contributed by atoms with van der Waals surface area (Å²) in [5.74, 6) is -0.327. The van der Waals surface area contributed by atoms with Gasteiger partial charge in [-0.25, -0.2) is 4.72 Å². The van der Waals surface area contributed by atoms with Crippen LogP contribution < -0.4 is 4.72 Å². The van der Waals surface area contributed by atoms with Crippen LogP contribution in [0.2, 0.25) is 0 Å². The molecule has 6 nitrogen and oxygen atoms in total. The van der Waals surface area contributed by atoms with Gasteiger partial charge in [-0.15, -0.1) is 0 Å². The summed E-state index contributed by atoms with van der Waals surface area (Å²) in [6.45, 7) is 5.26. The molecule has 1 N–H and O–H groups in total. The van der Waals surface area contributed by atoms with E-state index in [0.717, 1.165) is 17.5 Å². The van der Waals surface area contributed by atoms with Crippen molar-refractivity contribution >= 4 is 16.1 Å². The molecule has 0 aliphatic carbocycles. The largest absolute Gasteiger partial charge is 0.384 e. The van der Waals surface area contributed by atoms with Crippen LogP contribution in [0.1, 0.15) is 36.8 Å². The molecule has 1 fully saturated rings. The SMILES string of the molecule is COCC1CCN(S(=O)(=O)NC(=O)CC(C)c2ccc(C)cc2)C1. The molecular formula is C17H26N2O4S. The number of rotatable bonds is 7. The summed E-state index contributed by atoms with van der Waals surface area (Å²) in [6, 6.07) is 7.91. The molecule has 0 bridgehead atoms. The van der Waals surface area contributed by atoms with Crippen molar-refractivity contribution in [1.82, 2.24) is 9.03 Å². The van der Waals surface area contributed by atoms with Crippen molar-refractivity contribution in [1.29, 1.82) is 0 Å². The van der Waals surface area contributed by atoms with Crippen LogP contribution in [0.3, 0.4) is 0 Å². The van der Waals surface area contributed by atoms with E-state index in [1.807, 2.05) is 38.1 Å². The number of ether oxygens (including phenoxy) is 1. The number of benzene rings is 1. The number of hydrogen-bond acceptors (Lipinski definition) is 4. The Morgan fingerprint density at radius 3 is 2.67 bits per heavy atom. The maximum Gasteiger partial charge on any atom is 0.303 e. The van der Waals surface area contributed by atoms with Gasteiger partial charge in [-0.3, -0.25) is 4.79 Å². The van der Waals surface area contributed by atoms with Crippen LogP contribution in [0.5, 0.6) is 0 Å². The number of aryl methyl sites for hydroxylation is 1. The van der Waals surface area contributed by atoms with E-state index in [9.17, 15) is 13.2 Å². The highest BCUT2D eigenvalue weighted by atomic mass is 32.2. The number of methoxy groups -OCH3 is 1. The van der Waals surface area contributed by atoms with Gasteiger partial charge in [0.2, 0.25) is 5.91 Å². The quantitative estimate of drug-likeness (QED) is 0.810. The normalized spacial score (nSPS) is 20.0. The lowest BCUT2D eigenvalue weighted by Crippen LogP contribution is -2.42. The standard InChI is InChI=1S/C17H26N2O4S/c1-13-4-6-16(7-5-13)14(2)10-17(20)18-24(21,22)19-9-8-15(11-19)12-23-3/h4-7,14-15H,8-12H2,1-3H3,(H,18,20). The smallest absolute Gasteiger partial charge is 0.303 e. The van der Waals surface area contributed by atoms with Crippen LogP contribution in [-0.4, -0.2) is 45.4 Å². The van der Waals surface area contributed by atoms with E-state index in [1.165, 1.54) is 4.31 Å². The lowest BCUT2D eigenvalue weighted by molar-refractivity contribution is -0.119. The van der Waals surface area contributed by atoms with Gasteiger partial charge in [0.25, 0.3) is 0 Å². The molecule has 1 aliphatic heterocycles. The summed E-state index contributed by atoms with van der Waals surface area (Å²) in [7, 11) is -2.16. The van der Waals surface area contributed by atoms with Gasteiger partial charge in [0.1, 0.15) is 0 Å². The second-order valence-corrected chi connectivity index (χ2v) is 8.18. The zero-order valence-corrected chi connectivity index (χ0v) is 15.3. The minimum absolute atomic E-state index is 0.0411. The molecule has 1 heterocycles. The topological polar surface area (TPSA) is 75.7 Å². The van der Waals surface area contributed by atoms with Gasteiger partial charge in [0.05, 0.1) is 6.61 Å². The first-order valence-electron chi connectivity index (χ1n) is 8.18. The number of amides is 1. The summed E-state index contributed by atoms with van der Waals surface area (Å²) in [6.07, 6.45) is 0.889. The maximum absolute atomic E-state index is 12.3. The Labute approximate surface area is 144 Å². The summed E-state index contributed by atoms with van der Waals surface area (Å²) in [5, 5.41) is 0. The van der Waals surface area contributed by atoms with Crippen molar-refractivity contribution in [2.45, 2.75) is 32.6 Å². The second-order valence-electron chi connectivity index (χ2n) is 6.51. The molecule has 1 saturated heterocycles. The number of nitrogens with zero attached hydrogens (tertiary/aromatic N) is 1. The molecule has 0 spiro atoms. The van der Waals surface area contributed by atoms with Crippen molar-refractivity contribution < 1.29 is 17.9 Å². The molecule has 1 amide bonds. The molecule has 24 heavy (non-hydrogen) atoms. The second kappa shape index (κ2) is 8.09. The van der Waals surface area contributed by atoms with Crippen molar-refractivity contribution in [2.24, 2.45) is 5.92 Å². The third-order valence-corrected chi connectivity index (χ3v) is 5.87. The molecular weight excluding hydrogens is 328 g/mol. The van der Waals surface area contributed by atoms with E-state index in [4.69, 9.17) is 4.74 Å². The molecule has 2 rings (SSSR count). The van der Waals surface area contributed by atoms with Gasteiger partial charge in [-0.05, 0) is 30.7 Å². The summed E-state index contributed by atoms with van der Waals surface area (Å²) in [4.78, 5) is 12.1. The average Bonchev–Trinajstić information content (AvgIpc) is 2.97. The highest BCUT2D eigenvalue weighted by Gasteiger charge is 2.32. The fourth-order valence-electron chi connectivity index (χ4n) is 2.93. The van der Waals surface area contributed by atoms with Gasteiger partial charge >= 0.3 is 10.2 Å². The van der Waals surface area contributed by atoms with E-state index in [1.54, 1.807) is 7.11 Å². The zero-order chi connectivity index (χ0) is 17.7. The van der Waals surface area contributed by atoms with E-state index in [2.05, 4.69) is 4.72 Å². The Kier molecular flexibility index (Phi) is 6.37. The Hall–Kier alpha value is -1.44. The molecule has 1 aromatic carbocycles. The first-order chi connectivity index (χ1) is 11.3. The molecule has 1 aromatic rings. The molecule has 0 radical (unpaired) electrons. The number of carbonyl (C=O) groups excluding carboxylic acids is 1. The van der Waals surface area contributed by atoms with Crippen molar-refractivity contribution in [3.8, 4) is 0 Å². The molecule has 134 valence electrons. The number of nitrogens with one attached hydrogen (secondary N) is 1. The van der Waals surface area contributed by atoms with Gasteiger partial charge in [-0.1, -0.05) is 36.8 Å². The maximum atomic E-state index is 12.3. The average molecular weight is 354 g/mol. The van der Waals surface area contributed by atoms with Crippen LogP contribution in [0.4, 0.5) is 0 Å². The number of hydrogen-bond donors (Lipinski definition) is 1. The van der Waals surface area contributed by atoms with Gasteiger partial charge < -0.3 is 4.74 Å². The van der Waals surface area contributed by atoms with E-state index in [-0.39, 0.29) is 18.3 Å². The summed E-state index contributed by atoms with van der Waals surface area (Å²) < 4.78 is 33.2. The van der Waals surface area contributed by atoms with Crippen LogP contribution in [0, 0.1) is 12.8 Å². The minimum atomic E-state index is -3.77. The molecule has 2 atom stereocenters. The van der Waals surface area contributed by atoms with Crippen molar-refractivity contribution in [3.63, 3.8) is 0 Å². The monoisotopic (exact) mass is 354 g/mol. The predicted octanol–water partition coefficient (Wildman–Crippen LogP) is 1.82. The Bertz CT molecular complexity index is 658. The van der Waals surface area contributed by atoms with Crippen molar-refractivity contribution in [2.75, 3.05) is 26.8 Å². The summed E-state index contributed by atoms with van der Waals surface area (Å²) in [5.41, 5.74) is 2.17. The van der Waals surface area contributed by atoms with E-state index < -0.39 is 16.1 Å². The Balaban J connectivity index is 1.90. The molecule has 0 saturated carbocycles. The fourth-order valence-corrected chi connectivity index (χ4v) is 4.18. The minimum Gasteiger partial charge on any atom is -0.384 e. The number of carbonyl (C=O) groups is 1. The van der Waals surface area contributed by atoms with Crippen molar-refractivity contribution in [3.05, 3.63) is 35.4 Å². The third-order valence-electron chi connectivity index (χ3n) is 4.37. The highest BCUT2D eigenvalue weighted by molar-refractivity contribution is 7.87. The predicted molar refractivity (Wildman–Crippen MR) is 92.8 cm³/mol. The molecule has 1 aliphatic rings. The Morgan fingerprint density at radius 1 is 1.38 bits per heavy atom. The molecule has 0 aromatic heterocycles. The van der Waals surface area contributed by atoms with Gasteiger partial charge in [0.15, 0.2) is 0 Å². The first kappa shape index (κ1) is 18.9. The molecule has 7 heteroatoms. The van der Waals surface area contributed by atoms with Gasteiger partial charge in [0, 0.05) is 26.6 Å². The van der Waals surface area contributed by atoms with Crippen LogP contribution in [0.25, 0.3) is 0 Å². The van der Waals surface area contributed by atoms with E-state index in [0.29, 0.717) is 19.7 Å². The first-order valence-corrected chi connectivity index (χ1v) is 9.62. The molecule has 2 unspecified atom stereocenters. The summed E-state index contributed by atoms with van der Waals surface area (Å²) >= 11 is 0. The van der Waals surface area contributed by atoms with Gasteiger partial charge in [-0.2, -0.15) is 12.7 Å². The zero-order valence-electron chi connectivity index (χ0n) is 14.5. The lowest BCUT2D eigenvalue weighted by atomic mass is 9.97. The fraction of sp³-hybridized carbons (Fsp3) is 0.588. The van der Waals surface area contributed by atoms with E-state index >= 15 is 0 Å². The lowest BCUT2D eigenvalue weighted by Gasteiger charge is -2.18. The van der Waals surface area contributed by atoms with Crippen LogP contribution in [0.15, 0.2) is 24.3 Å². The van der Waals surface area contributed by atoms with Crippen LogP contribution in [-0.2, 0) is 19.7 Å².